The van der Waals surface area contributed by atoms with Crippen molar-refractivity contribution in [2.75, 3.05) is 6.61 Å². The number of hydrogen-bond donors (Lipinski definition) is 8. The van der Waals surface area contributed by atoms with E-state index in [0.29, 0.717) is 6.42 Å². The lowest BCUT2D eigenvalue weighted by atomic mass is 9.85. The van der Waals surface area contributed by atoms with E-state index in [9.17, 15) is 44.9 Å². The van der Waals surface area contributed by atoms with E-state index >= 15 is 0 Å². The molecular weight excluding hydrogens is 761 g/mol. The SMILES string of the molecule is CCCCCCCCCCCCCCC/C=C/[C@@H](O)[C@H](COP(=O)(O)OC1C(O)C(O)C(O)[C@@H](O)C1O)NC(=O)CCCCCCCCCCCCCCCCCC. The van der Waals surface area contributed by atoms with Gasteiger partial charge in [-0.05, 0) is 19.3 Å². The lowest BCUT2D eigenvalue weighted by Gasteiger charge is -2.41. The molecule has 8 N–H and O–H groups in total. The lowest BCUT2D eigenvalue weighted by molar-refractivity contribution is -0.220. The zero-order valence-corrected chi connectivity index (χ0v) is 37.5. The van der Waals surface area contributed by atoms with Crippen molar-refractivity contribution in [1.82, 2.24) is 5.32 Å². The maximum absolute atomic E-state index is 12.9. The Balaban J connectivity index is 2.49. The molecule has 344 valence electrons. The van der Waals surface area contributed by atoms with Gasteiger partial charge in [0.1, 0.15) is 36.6 Å². The Hall–Kier alpha value is -0.920. The molecule has 9 atom stereocenters. The standard InChI is InChI=1S/C45H88NO11P/c1-3-5-7-9-11-13-15-17-19-21-23-25-27-29-31-33-35-39(48)46-37(36-56-58(54,55)57-45-43(52)41(50)40(49)42(51)44(45)53)38(47)34-32-30-28-26-24-22-20-18-16-14-12-10-8-6-4-2/h32,34,37-38,40-45,47,49-53H,3-31,33,35-36H2,1-2H3,(H,46,48)(H,54,55)/b34-32+/t37-,38+,40?,41+,42?,43?,44?,45?/m0/s1. The van der Waals surface area contributed by atoms with Crippen molar-refractivity contribution in [3.63, 3.8) is 0 Å². The van der Waals surface area contributed by atoms with Crippen molar-refractivity contribution < 1.29 is 53.9 Å². The normalized spacial score (nSPS) is 23.3. The molecule has 1 rings (SSSR count). The van der Waals surface area contributed by atoms with Gasteiger partial charge in [0.15, 0.2) is 0 Å². The number of amides is 1. The zero-order chi connectivity index (χ0) is 42.9. The van der Waals surface area contributed by atoms with Crippen LogP contribution in [0.2, 0.25) is 0 Å². The minimum atomic E-state index is -5.07. The highest BCUT2D eigenvalue weighted by molar-refractivity contribution is 7.47. The van der Waals surface area contributed by atoms with Crippen molar-refractivity contribution in [1.29, 1.82) is 0 Å². The van der Waals surface area contributed by atoms with Gasteiger partial charge in [0.25, 0.3) is 0 Å². The van der Waals surface area contributed by atoms with Crippen LogP contribution in [0.3, 0.4) is 0 Å². The molecular formula is C45H88NO11P. The zero-order valence-electron chi connectivity index (χ0n) is 36.6. The molecule has 1 aliphatic rings. The number of unbranched alkanes of at least 4 members (excludes halogenated alkanes) is 28. The third kappa shape index (κ3) is 27.1. The summed E-state index contributed by atoms with van der Waals surface area (Å²) in [6.45, 7) is 3.85. The summed E-state index contributed by atoms with van der Waals surface area (Å²) >= 11 is 0. The van der Waals surface area contributed by atoms with Crippen LogP contribution in [0.4, 0.5) is 0 Å². The molecule has 0 bridgehead atoms. The molecule has 1 fully saturated rings. The van der Waals surface area contributed by atoms with E-state index in [2.05, 4.69) is 19.2 Å². The van der Waals surface area contributed by atoms with E-state index in [1.807, 2.05) is 6.08 Å². The van der Waals surface area contributed by atoms with Crippen LogP contribution in [-0.4, -0.2) is 96.8 Å². The average Bonchev–Trinajstić information content (AvgIpc) is 3.20. The first-order valence-electron chi connectivity index (χ1n) is 23.6. The molecule has 58 heavy (non-hydrogen) atoms. The van der Waals surface area contributed by atoms with Gasteiger partial charge in [-0.3, -0.25) is 13.8 Å². The van der Waals surface area contributed by atoms with Crippen molar-refractivity contribution in [3.05, 3.63) is 12.2 Å². The van der Waals surface area contributed by atoms with Gasteiger partial charge in [-0.2, -0.15) is 0 Å². The van der Waals surface area contributed by atoms with Crippen LogP contribution in [0.1, 0.15) is 213 Å². The molecule has 0 saturated heterocycles. The van der Waals surface area contributed by atoms with Crippen LogP contribution >= 0.6 is 7.82 Å². The number of phosphoric acid groups is 1. The Morgan fingerprint density at radius 1 is 0.569 bits per heavy atom. The third-order valence-electron chi connectivity index (χ3n) is 11.6. The van der Waals surface area contributed by atoms with Crippen LogP contribution in [0.25, 0.3) is 0 Å². The number of carbonyl (C=O) groups excluding carboxylic acids is 1. The topological polar surface area (TPSA) is 206 Å². The maximum Gasteiger partial charge on any atom is 0.472 e. The van der Waals surface area contributed by atoms with Crippen molar-refractivity contribution in [2.45, 2.75) is 262 Å². The summed E-state index contributed by atoms with van der Waals surface area (Å²) in [5.41, 5.74) is 0. The Kier molecular flexibility index (Phi) is 33.9. The number of phosphoric ester groups is 1. The Bertz CT molecular complexity index is 1040. The fraction of sp³-hybridized carbons (Fsp3) is 0.933. The molecule has 6 unspecified atom stereocenters. The number of carbonyl (C=O) groups is 1. The second-order valence-corrected chi connectivity index (χ2v) is 18.4. The summed E-state index contributed by atoms with van der Waals surface area (Å²) in [6, 6.07) is -1.11. The van der Waals surface area contributed by atoms with Gasteiger partial charge in [0, 0.05) is 6.42 Å². The minimum Gasteiger partial charge on any atom is -0.387 e. The molecule has 12 nitrogen and oxygen atoms in total. The average molecular weight is 850 g/mol. The predicted octanol–water partition coefficient (Wildman–Crippen LogP) is 8.84. The molecule has 0 aliphatic heterocycles. The summed E-state index contributed by atoms with van der Waals surface area (Å²) in [6.07, 6.45) is 27.1. The first-order chi connectivity index (χ1) is 27.9. The Labute approximate surface area is 352 Å². The van der Waals surface area contributed by atoms with Crippen LogP contribution in [0.5, 0.6) is 0 Å². The van der Waals surface area contributed by atoms with Gasteiger partial charge >= 0.3 is 7.82 Å². The Morgan fingerprint density at radius 2 is 0.914 bits per heavy atom. The van der Waals surface area contributed by atoms with E-state index in [4.69, 9.17) is 9.05 Å². The number of nitrogens with one attached hydrogen (secondary N) is 1. The highest BCUT2D eigenvalue weighted by atomic mass is 31.2. The molecule has 1 saturated carbocycles. The Morgan fingerprint density at radius 3 is 1.31 bits per heavy atom. The van der Waals surface area contributed by atoms with Crippen LogP contribution in [-0.2, 0) is 18.4 Å². The van der Waals surface area contributed by atoms with E-state index in [1.54, 1.807) is 0 Å². The molecule has 1 aliphatic carbocycles. The highest BCUT2D eigenvalue weighted by Gasteiger charge is 2.51. The van der Waals surface area contributed by atoms with E-state index in [-0.39, 0.29) is 12.3 Å². The van der Waals surface area contributed by atoms with Crippen molar-refractivity contribution >= 4 is 13.7 Å². The second-order valence-electron chi connectivity index (χ2n) is 17.0. The first kappa shape index (κ1) is 55.1. The lowest BCUT2D eigenvalue weighted by Crippen LogP contribution is -2.64. The van der Waals surface area contributed by atoms with Crippen LogP contribution in [0.15, 0.2) is 12.2 Å². The molecule has 0 heterocycles. The fourth-order valence-electron chi connectivity index (χ4n) is 7.67. The van der Waals surface area contributed by atoms with Gasteiger partial charge < -0.3 is 40.8 Å². The molecule has 0 aromatic heterocycles. The summed E-state index contributed by atoms with van der Waals surface area (Å²) in [5, 5.41) is 64.0. The first-order valence-corrected chi connectivity index (χ1v) is 25.1. The van der Waals surface area contributed by atoms with Gasteiger partial charge in [-0.25, -0.2) is 4.57 Å². The van der Waals surface area contributed by atoms with Crippen molar-refractivity contribution in [3.8, 4) is 0 Å². The largest absolute Gasteiger partial charge is 0.472 e. The summed E-state index contributed by atoms with van der Waals surface area (Å²) < 4.78 is 22.9. The smallest absolute Gasteiger partial charge is 0.387 e. The summed E-state index contributed by atoms with van der Waals surface area (Å²) in [5.74, 6) is -0.338. The quantitative estimate of drug-likeness (QED) is 0.0167. The van der Waals surface area contributed by atoms with E-state index in [0.717, 1.165) is 44.9 Å². The molecule has 0 aromatic carbocycles. The van der Waals surface area contributed by atoms with Crippen LogP contribution < -0.4 is 5.32 Å². The molecule has 13 heteroatoms. The van der Waals surface area contributed by atoms with Gasteiger partial charge in [-0.15, -0.1) is 0 Å². The van der Waals surface area contributed by atoms with Crippen LogP contribution in [0, 0.1) is 0 Å². The van der Waals surface area contributed by atoms with E-state index in [1.165, 1.54) is 147 Å². The maximum atomic E-state index is 12.9. The number of rotatable bonds is 39. The van der Waals surface area contributed by atoms with Gasteiger partial charge in [0.2, 0.25) is 5.91 Å². The predicted molar refractivity (Wildman–Crippen MR) is 232 cm³/mol. The number of aliphatic hydroxyl groups excluding tert-OH is 6. The monoisotopic (exact) mass is 850 g/mol. The summed E-state index contributed by atoms with van der Waals surface area (Å²) in [4.78, 5) is 23.4. The third-order valence-corrected chi connectivity index (χ3v) is 12.6. The fourth-order valence-corrected chi connectivity index (χ4v) is 8.64. The molecule has 0 spiro atoms. The van der Waals surface area contributed by atoms with Gasteiger partial charge in [0.05, 0.1) is 18.8 Å². The number of allylic oxidation sites excluding steroid dienone is 1. The number of aliphatic hydroxyl groups is 6. The van der Waals surface area contributed by atoms with E-state index < -0.39 is 63.2 Å². The van der Waals surface area contributed by atoms with Crippen molar-refractivity contribution in [2.24, 2.45) is 0 Å². The summed E-state index contributed by atoms with van der Waals surface area (Å²) in [7, 11) is -5.07. The molecule has 1 amide bonds. The molecule has 0 radical (unpaired) electrons. The number of hydrogen-bond acceptors (Lipinski definition) is 10. The second kappa shape index (κ2) is 35.7. The minimum absolute atomic E-state index is 0.218. The highest BCUT2D eigenvalue weighted by Crippen LogP contribution is 2.47. The molecule has 0 aromatic rings. The van der Waals surface area contributed by atoms with Gasteiger partial charge in [-0.1, -0.05) is 199 Å².